The number of pyridine rings is 1. The quantitative estimate of drug-likeness (QED) is 0.554. The Kier molecular flexibility index (Phi) is 8.25. The van der Waals surface area contributed by atoms with Crippen LogP contribution in [0.4, 0.5) is 5.69 Å². The maximum atomic E-state index is 11.6. The van der Waals surface area contributed by atoms with Gasteiger partial charge >= 0.3 is 5.97 Å². The number of halogens is 1. The number of piperazine rings is 1. The van der Waals surface area contributed by atoms with E-state index >= 15 is 0 Å². The Bertz CT molecular complexity index is 652. The average Bonchev–Trinajstić information content (AvgIpc) is 2.69. The number of carboxylic acids is 1. The highest BCUT2D eigenvalue weighted by Crippen LogP contribution is 2.26. The van der Waals surface area contributed by atoms with Crippen LogP contribution in [-0.4, -0.2) is 72.2 Å². The SMILES string of the molecule is Cl.O=C=C(C(=O)O)C(CC1CCNCC1)N1CCN(c2ccncc2)CC1. The number of rotatable bonds is 6. The molecule has 8 heteroatoms. The van der Waals surface area contributed by atoms with Gasteiger partial charge in [0, 0.05) is 44.3 Å². The summed E-state index contributed by atoms with van der Waals surface area (Å²) in [5.74, 6) is 1.02. The minimum Gasteiger partial charge on any atom is -0.477 e. The minimum absolute atomic E-state index is 0. The molecule has 2 fully saturated rings. The van der Waals surface area contributed by atoms with Crippen molar-refractivity contribution in [3.05, 3.63) is 30.1 Å². The molecule has 3 heterocycles. The second kappa shape index (κ2) is 10.4. The zero-order valence-electron chi connectivity index (χ0n) is 15.3. The first kappa shape index (κ1) is 21.4. The molecule has 7 nitrogen and oxygen atoms in total. The lowest BCUT2D eigenvalue weighted by molar-refractivity contribution is -0.133. The summed E-state index contributed by atoms with van der Waals surface area (Å²) in [4.78, 5) is 31.4. The van der Waals surface area contributed by atoms with Gasteiger partial charge in [0.15, 0.2) is 0 Å². The average molecular weight is 395 g/mol. The summed E-state index contributed by atoms with van der Waals surface area (Å²) in [6.45, 7) is 4.99. The standard InChI is InChI=1S/C19H26N4O3.ClH/c24-14-17(19(25)26)18(13-15-1-5-20-6-2-15)23-11-9-22(10-12-23)16-3-7-21-8-4-16;/h3-4,7-8,15,18,20H,1-2,5-6,9-13H2,(H,25,26);1H. The van der Waals surface area contributed by atoms with Gasteiger partial charge in [0.1, 0.15) is 11.5 Å². The van der Waals surface area contributed by atoms with Crippen LogP contribution >= 0.6 is 12.4 Å². The molecule has 27 heavy (non-hydrogen) atoms. The zero-order valence-corrected chi connectivity index (χ0v) is 16.2. The molecular formula is C19H27ClN4O3. The van der Waals surface area contributed by atoms with Gasteiger partial charge in [-0.05, 0) is 50.4 Å². The van der Waals surface area contributed by atoms with Crippen molar-refractivity contribution in [1.82, 2.24) is 15.2 Å². The Morgan fingerprint density at radius 3 is 2.41 bits per heavy atom. The number of carboxylic acid groups (broad SMARTS) is 1. The summed E-state index contributed by atoms with van der Waals surface area (Å²) in [6.07, 6.45) is 6.32. The van der Waals surface area contributed by atoms with Crippen LogP contribution in [0.1, 0.15) is 19.3 Å². The number of piperidine rings is 1. The van der Waals surface area contributed by atoms with E-state index in [9.17, 15) is 14.7 Å². The fourth-order valence-electron chi connectivity index (χ4n) is 3.98. The second-order valence-corrected chi connectivity index (χ2v) is 6.99. The normalized spacial score (nSPS) is 19.6. The van der Waals surface area contributed by atoms with Gasteiger partial charge < -0.3 is 15.3 Å². The third-order valence-electron chi connectivity index (χ3n) is 5.47. The number of nitrogens with one attached hydrogen (secondary N) is 1. The van der Waals surface area contributed by atoms with Crippen LogP contribution in [0.15, 0.2) is 30.1 Å². The van der Waals surface area contributed by atoms with Gasteiger partial charge in [-0.15, -0.1) is 12.4 Å². The zero-order chi connectivity index (χ0) is 18.4. The van der Waals surface area contributed by atoms with Crippen molar-refractivity contribution in [1.29, 1.82) is 0 Å². The number of anilines is 1. The monoisotopic (exact) mass is 394 g/mol. The molecule has 1 aromatic rings. The van der Waals surface area contributed by atoms with Crippen LogP contribution in [0.2, 0.25) is 0 Å². The molecule has 0 spiro atoms. The van der Waals surface area contributed by atoms with Crippen molar-refractivity contribution >= 4 is 30.0 Å². The van der Waals surface area contributed by atoms with E-state index in [1.165, 1.54) is 0 Å². The van der Waals surface area contributed by atoms with Gasteiger partial charge in [0.2, 0.25) is 0 Å². The van der Waals surface area contributed by atoms with Gasteiger partial charge in [-0.1, -0.05) is 0 Å². The molecule has 148 valence electrons. The van der Waals surface area contributed by atoms with E-state index < -0.39 is 5.97 Å². The number of hydrogen-bond acceptors (Lipinski definition) is 6. The molecule has 0 bridgehead atoms. The van der Waals surface area contributed by atoms with E-state index in [0.29, 0.717) is 12.3 Å². The Labute approximate surface area is 165 Å². The molecule has 0 amide bonds. The first-order valence-electron chi connectivity index (χ1n) is 9.27. The fraction of sp³-hybridized carbons (Fsp3) is 0.579. The summed E-state index contributed by atoms with van der Waals surface area (Å²) in [6, 6.07) is 3.61. The van der Waals surface area contributed by atoms with E-state index in [-0.39, 0.29) is 24.0 Å². The number of carbonyl (C=O) groups is 1. The van der Waals surface area contributed by atoms with E-state index in [1.54, 1.807) is 18.3 Å². The topological polar surface area (TPSA) is 85.8 Å². The molecule has 0 aliphatic carbocycles. The molecule has 2 N–H and O–H groups in total. The summed E-state index contributed by atoms with van der Waals surface area (Å²) < 4.78 is 0. The van der Waals surface area contributed by atoms with Crippen LogP contribution in [0.25, 0.3) is 0 Å². The van der Waals surface area contributed by atoms with Crippen molar-refractivity contribution in [3.8, 4) is 0 Å². The van der Waals surface area contributed by atoms with Gasteiger partial charge in [-0.2, -0.15) is 0 Å². The number of nitrogens with zero attached hydrogens (tertiary/aromatic N) is 3. The van der Waals surface area contributed by atoms with Crippen LogP contribution < -0.4 is 10.2 Å². The lowest BCUT2D eigenvalue weighted by Crippen LogP contribution is -2.52. The van der Waals surface area contributed by atoms with E-state index in [4.69, 9.17) is 0 Å². The molecule has 2 aliphatic rings. The third kappa shape index (κ3) is 5.53. The molecule has 1 atom stereocenters. The lowest BCUT2D eigenvalue weighted by atomic mass is 9.87. The molecule has 1 aromatic heterocycles. The van der Waals surface area contributed by atoms with E-state index in [2.05, 4.69) is 20.1 Å². The van der Waals surface area contributed by atoms with Crippen molar-refractivity contribution in [2.24, 2.45) is 5.92 Å². The largest absolute Gasteiger partial charge is 0.477 e. The summed E-state index contributed by atoms with van der Waals surface area (Å²) in [5, 5.41) is 12.8. The first-order chi connectivity index (χ1) is 12.7. The maximum Gasteiger partial charge on any atom is 0.344 e. The minimum atomic E-state index is -1.14. The van der Waals surface area contributed by atoms with Gasteiger partial charge in [0.05, 0.1) is 6.04 Å². The summed E-state index contributed by atoms with van der Waals surface area (Å²) in [5.41, 5.74) is 1.000. The maximum absolute atomic E-state index is 11.6. The van der Waals surface area contributed by atoms with Crippen LogP contribution in [-0.2, 0) is 9.59 Å². The molecule has 0 aromatic carbocycles. The van der Waals surface area contributed by atoms with Crippen molar-refractivity contribution in [2.75, 3.05) is 44.2 Å². The Morgan fingerprint density at radius 2 is 1.85 bits per heavy atom. The number of hydrogen-bond donors (Lipinski definition) is 2. The Hall–Kier alpha value is -1.92. The van der Waals surface area contributed by atoms with Crippen LogP contribution in [0.5, 0.6) is 0 Å². The highest BCUT2D eigenvalue weighted by Gasteiger charge is 2.33. The summed E-state index contributed by atoms with van der Waals surface area (Å²) in [7, 11) is 0. The van der Waals surface area contributed by atoms with Gasteiger partial charge in [-0.25, -0.2) is 9.59 Å². The molecule has 1 unspecified atom stereocenters. The van der Waals surface area contributed by atoms with Gasteiger partial charge in [-0.3, -0.25) is 9.88 Å². The van der Waals surface area contributed by atoms with E-state index in [1.807, 2.05) is 12.1 Å². The smallest absolute Gasteiger partial charge is 0.344 e. The predicted octanol–water partition coefficient (Wildman–Crippen LogP) is 1.23. The van der Waals surface area contributed by atoms with Crippen LogP contribution in [0, 0.1) is 5.92 Å². The third-order valence-corrected chi connectivity index (χ3v) is 5.47. The van der Waals surface area contributed by atoms with Crippen molar-refractivity contribution < 1.29 is 14.7 Å². The number of carbonyl (C=O) groups excluding carboxylic acids is 1. The second-order valence-electron chi connectivity index (χ2n) is 6.99. The molecule has 2 saturated heterocycles. The van der Waals surface area contributed by atoms with Crippen molar-refractivity contribution in [2.45, 2.75) is 25.3 Å². The predicted molar refractivity (Wildman–Crippen MR) is 106 cm³/mol. The Balaban J connectivity index is 0.00000261. The molecule has 2 aliphatic heterocycles. The molecular weight excluding hydrogens is 368 g/mol. The molecule has 0 radical (unpaired) electrons. The fourth-order valence-corrected chi connectivity index (χ4v) is 3.98. The number of aromatic nitrogens is 1. The lowest BCUT2D eigenvalue weighted by Gasteiger charge is -2.41. The van der Waals surface area contributed by atoms with Crippen LogP contribution in [0.3, 0.4) is 0 Å². The van der Waals surface area contributed by atoms with E-state index in [0.717, 1.165) is 57.8 Å². The number of aliphatic carboxylic acids is 1. The highest BCUT2D eigenvalue weighted by atomic mass is 35.5. The van der Waals surface area contributed by atoms with Gasteiger partial charge in [0.25, 0.3) is 0 Å². The highest BCUT2D eigenvalue weighted by molar-refractivity contribution is 5.96. The Morgan fingerprint density at radius 1 is 1.22 bits per heavy atom. The first-order valence-corrected chi connectivity index (χ1v) is 9.27. The molecule has 3 rings (SSSR count). The molecule has 0 saturated carbocycles. The van der Waals surface area contributed by atoms with Crippen molar-refractivity contribution in [3.63, 3.8) is 0 Å². The summed E-state index contributed by atoms with van der Waals surface area (Å²) >= 11 is 0.